The fourth-order valence-electron chi connectivity index (χ4n) is 2.81. The van der Waals surface area contributed by atoms with Crippen LogP contribution in [0.4, 0.5) is 5.69 Å². The summed E-state index contributed by atoms with van der Waals surface area (Å²) in [5.74, 6) is 0.210. The van der Waals surface area contributed by atoms with E-state index in [0.717, 1.165) is 4.47 Å². The molecule has 2 N–H and O–H groups in total. The number of ether oxygens (including phenoxy) is 3. The standard InChI is InChI=1S/C21H22BrN3O6/c1-3-29-15-5-7-16(8-6-15)31-13(2)21(28)24-23-19(26)11-25-17-9-4-14(22)10-18(17)30-12-20(25)27/h4-10,13H,3,11-12H2,1-2H3,(H,23,26)(H,24,28). The van der Waals surface area contributed by atoms with Crippen molar-refractivity contribution < 1.29 is 28.6 Å². The molecule has 1 aliphatic heterocycles. The van der Waals surface area contributed by atoms with Gasteiger partial charge in [0.15, 0.2) is 12.7 Å². The van der Waals surface area contributed by atoms with Crippen molar-refractivity contribution >= 4 is 39.3 Å². The largest absolute Gasteiger partial charge is 0.494 e. The topological polar surface area (TPSA) is 106 Å². The lowest BCUT2D eigenvalue weighted by molar-refractivity contribution is -0.132. The minimum Gasteiger partial charge on any atom is -0.494 e. The number of hydrazine groups is 1. The lowest BCUT2D eigenvalue weighted by Gasteiger charge is -2.29. The van der Waals surface area contributed by atoms with Gasteiger partial charge in [0, 0.05) is 4.47 Å². The molecule has 0 radical (unpaired) electrons. The Morgan fingerprint density at radius 3 is 2.58 bits per heavy atom. The van der Waals surface area contributed by atoms with E-state index in [1.807, 2.05) is 6.92 Å². The lowest BCUT2D eigenvalue weighted by atomic mass is 10.2. The maximum atomic E-state index is 12.3. The third kappa shape index (κ3) is 5.88. The van der Waals surface area contributed by atoms with Gasteiger partial charge in [-0.25, -0.2) is 0 Å². The smallest absolute Gasteiger partial charge is 0.279 e. The summed E-state index contributed by atoms with van der Waals surface area (Å²) in [6, 6.07) is 12.0. The van der Waals surface area contributed by atoms with Gasteiger partial charge in [0.05, 0.1) is 12.3 Å². The van der Waals surface area contributed by atoms with Crippen LogP contribution in [0.25, 0.3) is 0 Å². The second-order valence-electron chi connectivity index (χ2n) is 6.58. The molecule has 3 amide bonds. The number of anilines is 1. The predicted octanol–water partition coefficient (Wildman–Crippen LogP) is 2.19. The molecule has 1 aliphatic rings. The number of rotatable bonds is 7. The minimum absolute atomic E-state index is 0.171. The Kier molecular flexibility index (Phi) is 7.35. The van der Waals surface area contributed by atoms with E-state index in [1.54, 1.807) is 49.4 Å². The lowest BCUT2D eigenvalue weighted by Crippen LogP contribution is -2.52. The molecule has 3 rings (SSSR count). The molecule has 0 saturated heterocycles. The fourth-order valence-corrected chi connectivity index (χ4v) is 3.15. The molecule has 0 aliphatic carbocycles. The number of nitrogens with zero attached hydrogens (tertiary/aromatic N) is 1. The molecular formula is C21H22BrN3O6. The SMILES string of the molecule is CCOc1ccc(OC(C)C(=O)NNC(=O)CN2C(=O)COc3cc(Br)ccc32)cc1. The average molecular weight is 492 g/mol. The molecule has 1 atom stereocenters. The summed E-state index contributed by atoms with van der Waals surface area (Å²) >= 11 is 3.34. The van der Waals surface area contributed by atoms with Crippen molar-refractivity contribution in [3.63, 3.8) is 0 Å². The minimum atomic E-state index is -0.860. The van der Waals surface area contributed by atoms with Gasteiger partial charge >= 0.3 is 0 Å². The first-order chi connectivity index (χ1) is 14.9. The van der Waals surface area contributed by atoms with Crippen LogP contribution >= 0.6 is 15.9 Å². The summed E-state index contributed by atoms with van der Waals surface area (Å²) in [6.07, 6.45) is -0.860. The number of nitrogens with one attached hydrogen (secondary N) is 2. The zero-order chi connectivity index (χ0) is 22.4. The highest BCUT2D eigenvalue weighted by Gasteiger charge is 2.27. The first-order valence-electron chi connectivity index (χ1n) is 9.58. The van der Waals surface area contributed by atoms with Crippen molar-refractivity contribution in [1.82, 2.24) is 10.9 Å². The average Bonchev–Trinajstić information content (AvgIpc) is 2.75. The Labute approximate surface area is 187 Å². The van der Waals surface area contributed by atoms with Crippen molar-refractivity contribution in [3.05, 3.63) is 46.9 Å². The number of hydrogen-bond donors (Lipinski definition) is 2. The monoisotopic (exact) mass is 491 g/mol. The van der Waals surface area contributed by atoms with Crippen LogP contribution in [0, 0.1) is 0 Å². The molecule has 0 saturated carbocycles. The molecule has 1 heterocycles. The Morgan fingerprint density at radius 1 is 1.16 bits per heavy atom. The zero-order valence-corrected chi connectivity index (χ0v) is 18.6. The number of carbonyl (C=O) groups is 3. The fraction of sp³-hybridized carbons (Fsp3) is 0.286. The van der Waals surface area contributed by atoms with E-state index in [9.17, 15) is 14.4 Å². The first kappa shape index (κ1) is 22.4. The Morgan fingerprint density at radius 2 is 1.87 bits per heavy atom. The molecule has 2 aromatic rings. The van der Waals surface area contributed by atoms with Gasteiger partial charge in [-0.2, -0.15) is 0 Å². The summed E-state index contributed by atoms with van der Waals surface area (Å²) in [7, 11) is 0. The molecule has 2 aromatic carbocycles. The molecule has 0 fully saturated rings. The van der Waals surface area contributed by atoms with Crippen molar-refractivity contribution in [2.24, 2.45) is 0 Å². The van der Waals surface area contributed by atoms with Crippen molar-refractivity contribution in [3.8, 4) is 17.2 Å². The van der Waals surface area contributed by atoms with Gasteiger partial charge in [-0.3, -0.25) is 30.1 Å². The third-order valence-electron chi connectivity index (χ3n) is 4.31. The van der Waals surface area contributed by atoms with E-state index in [-0.39, 0.29) is 19.1 Å². The Balaban J connectivity index is 1.51. The molecule has 0 spiro atoms. The molecule has 10 heteroatoms. The number of fused-ring (bicyclic) bond motifs is 1. The molecule has 164 valence electrons. The molecular weight excluding hydrogens is 470 g/mol. The zero-order valence-electron chi connectivity index (χ0n) is 17.0. The van der Waals surface area contributed by atoms with E-state index in [2.05, 4.69) is 26.8 Å². The second-order valence-corrected chi connectivity index (χ2v) is 7.50. The summed E-state index contributed by atoms with van der Waals surface area (Å²) in [5, 5.41) is 0. The molecule has 31 heavy (non-hydrogen) atoms. The summed E-state index contributed by atoms with van der Waals surface area (Å²) in [6.45, 7) is 3.55. The van der Waals surface area contributed by atoms with Crippen LogP contribution in [0.1, 0.15) is 13.8 Å². The van der Waals surface area contributed by atoms with Crippen LogP contribution in [-0.2, 0) is 14.4 Å². The maximum absolute atomic E-state index is 12.3. The second kappa shape index (κ2) is 10.2. The molecule has 0 bridgehead atoms. The van der Waals surface area contributed by atoms with Crippen molar-refractivity contribution in [2.45, 2.75) is 20.0 Å². The normalized spacial score (nSPS) is 13.5. The number of amides is 3. The van der Waals surface area contributed by atoms with E-state index in [1.165, 1.54) is 4.90 Å². The van der Waals surface area contributed by atoms with Gasteiger partial charge in [0.2, 0.25) is 0 Å². The van der Waals surface area contributed by atoms with Gasteiger partial charge in [0.25, 0.3) is 17.7 Å². The Bertz CT molecular complexity index is 966. The van der Waals surface area contributed by atoms with Crippen LogP contribution in [0.3, 0.4) is 0 Å². The number of halogens is 1. The Hall–Kier alpha value is -3.27. The van der Waals surface area contributed by atoms with Crippen LogP contribution in [0.15, 0.2) is 46.9 Å². The van der Waals surface area contributed by atoms with E-state index < -0.39 is 17.9 Å². The number of carbonyl (C=O) groups excluding carboxylic acids is 3. The van der Waals surface area contributed by atoms with Gasteiger partial charge in [-0.1, -0.05) is 15.9 Å². The quantitative estimate of drug-likeness (QED) is 0.575. The summed E-state index contributed by atoms with van der Waals surface area (Å²) in [4.78, 5) is 38.0. The van der Waals surface area contributed by atoms with Crippen LogP contribution < -0.4 is 30.0 Å². The third-order valence-corrected chi connectivity index (χ3v) is 4.80. The van der Waals surface area contributed by atoms with Crippen molar-refractivity contribution in [1.29, 1.82) is 0 Å². The highest BCUT2D eigenvalue weighted by molar-refractivity contribution is 9.10. The van der Waals surface area contributed by atoms with Gasteiger partial charge in [0.1, 0.15) is 23.8 Å². The van der Waals surface area contributed by atoms with E-state index in [0.29, 0.717) is 29.5 Å². The highest BCUT2D eigenvalue weighted by Crippen LogP contribution is 2.34. The first-order valence-corrected chi connectivity index (χ1v) is 10.4. The van der Waals surface area contributed by atoms with Gasteiger partial charge in [-0.05, 0) is 56.3 Å². The van der Waals surface area contributed by atoms with Gasteiger partial charge < -0.3 is 14.2 Å². The molecule has 9 nitrogen and oxygen atoms in total. The van der Waals surface area contributed by atoms with Crippen LogP contribution in [0.5, 0.6) is 17.2 Å². The van der Waals surface area contributed by atoms with Crippen LogP contribution in [0.2, 0.25) is 0 Å². The van der Waals surface area contributed by atoms with Crippen LogP contribution in [-0.4, -0.2) is 43.6 Å². The van der Waals surface area contributed by atoms with Gasteiger partial charge in [-0.15, -0.1) is 0 Å². The van der Waals surface area contributed by atoms with E-state index in [4.69, 9.17) is 14.2 Å². The highest BCUT2D eigenvalue weighted by atomic mass is 79.9. The number of benzene rings is 2. The number of hydrogen-bond acceptors (Lipinski definition) is 6. The van der Waals surface area contributed by atoms with Crippen molar-refractivity contribution in [2.75, 3.05) is 24.7 Å². The predicted molar refractivity (Wildman–Crippen MR) is 116 cm³/mol. The summed E-state index contributed by atoms with van der Waals surface area (Å²) < 4.78 is 17.1. The molecule has 1 unspecified atom stereocenters. The summed E-state index contributed by atoms with van der Waals surface area (Å²) in [5.41, 5.74) is 5.09. The maximum Gasteiger partial charge on any atom is 0.279 e. The molecule has 0 aromatic heterocycles. The van der Waals surface area contributed by atoms with E-state index >= 15 is 0 Å².